The van der Waals surface area contributed by atoms with Crippen LogP contribution >= 0.6 is 0 Å². The van der Waals surface area contributed by atoms with Crippen molar-refractivity contribution in [3.63, 3.8) is 0 Å². The molecule has 1 aromatic rings. The van der Waals surface area contributed by atoms with Crippen LogP contribution in [0.15, 0.2) is 29.3 Å². The van der Waals surface area contributed by atoms with Crippen molar-refractivity contribution in [2.24, 2.45) is 10.4 Å². The van der Waals surface area contributed by atoms with Crippen LogP contribution < -0.4 is 5.32 Å². The number of nitrogens with zero attached hydrogens (tertiary/aromatic N) is 2. The van der Waals surface area contributed by atoms with Crippen LogP contribution in [-0.2, 0) is 10.2 Å². The van der Waals surface area contributed by atoms with Gasteiger partial charge < -0.3 is 15.0 Å². The average Bonchev–Trinajstić information content (AvgIpc) is 3.22. The first-order chi connectivity index (χ1) is 11.9. The van der Waals surface area contributed by atoms with Crippen LogP contribution in [0.3, 0.4) is 0 Å². The molecular weight excluding hydrogens is 317 g/mol. The molecule has 2 fully saturated rings. The first-order valence-electron chi connectivity index (χ1n) is 9.31. The van der Waals surface area contributed by atoms with E-state index >= 15 is 0 Å². The Bertz CT molecular complexity index is 606. The largest absolute Gasteiger partial charge is 0.381 e. The third kappa shape index (κ3) is 4.14. The van der Waals surface area contributed by atoms with E-state index in [0.717, 1.165) is 50.8 Å². The Labute approximate surface area is 150 Å². The molecule has 2 aliphatic heterocycles. The quantitative estimate of drug-likeness (QED) is 0.671. The van der Waals surface area contributed by atoms with E-state index in [9.17, 15) is 4.39 Å². The lowest BCUT2D eigenvalue weighted by Gasteiger charge is -2.27. The number of likely N-dealkylation sites (tertiary alicyclic amines) is 1. The summed E-state index contributed by atoms with van der Waals surface area (Å²) in [7, 11) is 0. The fourth-order valence-electron chi connectivity index (χ4n) is 3.78. The average molecular weight is 347 g/mol. The summed E-state index contributed by atoms with van der Waals surface area (Å²) in [6.45, 7) is 11.8. The number of guanidine groups is 1. The summed E-state index contributed by atoms with van der Waals surface area (Å²) in [4.78, 5) is 7.29. The second kappa shape index (κ2) is 7.32. The van der Waals surface area contributed by atoms with Crippen molar-refractivity contribution < 1.29 is 9.13 Å². The van der Waals surface area contributed by atoms with Crippen molar-refractivity contribution >= 4 is 5.96 Å². The van der Waals surface area contributed by atoms with E-state index in [2.05, 4.69) is 31.0 Å². The van der Waals surface area contributed by atoms with Gasteiger partial charge in [0.1, 0.15) is 5.82 Å². The van der Waals surface area contributed by atoms with Crippen LogP contribution in [0.25, 0.3) is 0 Å². The SMILES string of the molecule is CCNC(=NCC(C)(C)c1ccc(F)cc1)N1CCC2(CCOC2)C1. The highest BCUT2D eigenvalue weighted by molar-refractivity contribution is 5.80. The smallest absolute Gasteiger partial charge is 0.193 e. The van der Waals surface area contributed by atoms with Crippen LogP contribution in [0, 0.1) is 11.2 Å². The van der Waals surface area contributed by atoms with Gasteiger partial charge in [-0.1, -0.05) is 26.0 Å². The van der Waals surface area contributed by atoms with Crippen LogP contribution in [0.2, 0.25) is 0 Å². The van der Waals surface area contributed by atoms with Crippen molar-refractivity contribution in [1.29, 1.82) is 0 Å². The predicted octanol–water partition coefficient (Wildman–Crippen LogP) is 3.18. The van der Waals surface area contributed by atoms with E-state index in [1.54, 1.807) is 0 Å². The van der Waals surface area contributed by atoms with Crippen molar-refractivity contribution in [2.75, 3.05) is 39.4 Å². The lowest BCUT2D eigenvalue weighted by molar-refractivity contribution is 0.156. The minimum absolute atomic E-state index is 0.137. The number of aliphatic imine (C=N–C) groups is 1. The molecule has 3 rings (SSSR count). The lowest BCUT2D eigenvalue weighted by atomic mass is 9.85. The van der Waals surface area contributed by atoms with Gasteiger partial charge in [0.05, 0.1) is 13.2 Å². The standard InChI is InChI=1S/C20H30FN3O/c1-4-22-18(24-11-9-20(14-24)10-12-25-15-20)23-13-19(2,3)16-5-7-17(21)8-6-16/h5-8H,4,9-15H2,1-3H3,(H,22,23). The fourth-order valence-corrected chi connectivity index (χ4v) is 3.78. The first-order valence-corrected chi connectivity index (χ1v) is 9.31. The molecule has 0 aromatic heterocycles. The Morgan fingerprint density at radius 3 is 2.72 bits per heavy atom. The molecule has 1 unspecified atom stereocenters. The molecule has 0 radical (unpaired) electrons. The summed E-state index contributed by atoms with van der Waals surface area (Å²) in [5.74, 6) is 0.791. The molecule has 1 atom stereocenters. The van der Waals surface area contributed by atoms with Crippen LogP contribution in [0.1, 0.15) is 39.2 Å². The van der Waals surface area contributed by atoms with Gasteiger partial charge in [0.2, 0.25) is 0 Å². The minimum atomic E-state index is -0.197. The highest BCUT2D eigenvalue weighted by Gasteiger charge is 2.42. The molecule has 1 spiro atoms. The van der Waals surface area contributed by atoms with Crippen molar-refractivity contribution in [3.05, 3.63) is 35.6 Å². The Kier molecular flexibility index (Phi) is 5.32. The molecule has 2 aliphatic rings. The summed E-state index contributed by atoms with van der Waals surface area (Å²) in [6.07, 6.45) is 2.34. The number of benzene rings is 1. The maximum atomic E-state index is 13.2. The van der Waals surface area contributed by atoms with E-state index in [1.165, 1.54) is 18.6 Å². The molecule has 2 saturated heterocycles. The number of halogens is 1. The zero-order valence-electron chi connectivity index (χ0n) is 15.6. The molecule has 2 heterocycles. The van der Waals surface area contributed by atoms with Crippen LogP contribution in [-0.4, -0.2) is 50.3 Å². The van der Waals surface area contributed by atoms with E-state index in [1.807, 2.05) is 12.1 Å². The van der Waals surface area contributed by atoms with Crippen molar-refractivity contribution in [3.8, 4) is 0 Å². The molecule has 1 aromatic carbocycles. The number of nitrogens with one attached hydrogen (secondary N) is 1. The molecule has 1 N–H and O–H groups in total. The van der Waals surface area contributed by atoms with Gasteiger partial charge in [-0.3, -0.25) is 4.99 Å². The van der Waals surface area contributed by atoms with Crippen LogP contribution in [0.5, 0.6) is 0 Å². The summed E-state index contributed by atoms with van der Waals surface area (Å²) >= 11 is 0. The molecule has 4 nitrogen and oxygen atoms in total. The normalized spacial score (nSPS) is 24.3. The molecule has 0 bridgehead atoms. The number of ether oxygens (including phenoxy) is 1. The van der Waals surface area contributed by atoms with Gasteiger partial charge in [-0.05, 0) is 37.5 Å². The number of hydrogen-bond acceptors (Lipinski definition) is 2. The molecule has 0 amide bonds. The van der Waals surface area contributed by atoms with Gasteiger partial charge in [0.25, 0.3) is 0 Å². The van der Waals surface area contributed by atoms with E-state index in [0.29, 0.717) is 12.0 Å². The van der Waals surface area contributed by atoms with Crippen LogP contribution in [0.4, 0.5) is 4.39 Å². The molecule has 25 heavy (non-hydrogen) atoms. The van der Waals surface area contributed by atoms with Crippen molar-refractivity contribution in [1.82, 2.24) is 10.2 Å². The topological polar surface area (TPSA) is 36.9 Å². The van der Waals surface area contributed by atoms with Crippen molar-refractivity contribution in [2.45, 2.75) is 39.0 Å². The first kappa shape index (κ1) is 18.2. The van der Waals surface area contributed by atoms with E-state index in [4.69, 9.17) is 9.73 Å². The van der Waals surface area contributed by atoms with Gasteiger partial charge in [-0.2, -0.15) is 0 Å². The molecule has 5 heteroatoms. The summed E-state index contributed by atoms with van der Waals surface area (Å²) in [5, 5.41) is 3.44. The number of rotatable bonds is 4. The summed E-state index contributed by atoms with van der Waals surface area (Å²) in [6, 6.07) is 6.77. The zero-order valence-corrected chi connectivity index (χ0v) is 15.6. The number of hydrogen-bond donors (Lipinski definition) is 1. The maximum absolute atomic E-state index is 13.2. The highest BCUT2D eigenvalue weighted by Crippen LogP contribution is 2.38. The fraction of sp³-hybridized carbons (Fsp3) is 0.650. The van der Waals surface area contributed by atoms with Gasteiger partial charge in [0.15, 0.2) is 5.96 Å². The van der Waals surface area contributed by atoms with Gasteiger partial charge >= 0.3 is 0 Å². The van der Waals surface area contributed by atoms with Gasteiger partial charge in [-0.25, -0.2) is 4.39 Å². The maximum Gasteiger partial charge on any atom is 0.193 e. The highest BCUT2D eigenvalue weighted by atomic mass is 19.1. The molecule has 0 saturated carbocycles. The zero-order chi connectivity index (χ0) is 17.9. The van der Waals surface area contributed by atoms with E-state index < -0.39 is 0 Å². The molecule has 138 valence electrons. The molecular formula is C20H30FN3O. The predicted molar refractivity (Wildman–Crippen MR) is 99.5 cm³/mol. The summed E-state index contributed by atoms with van der Waals surface area (Å²) < 4.78 is 18.8. The molecule has 0 aliphatic carbocycles. The monoisotopic (exact) mass is 347 g/mol. The van der Waals surface area contributed by atoms with Gasteiger partial charge in [-0.15, -0.1) is 0 Å². The Morgan fingerprint density at radius 2 is 2.08 bits per heavy atom. The second-order valence-electron chi connectivity index (χ2n) is 8.04. The Balaban J connectivity index is 1.70. The van der Waals surface area contributed by atoms with E-state index in [-0.39, 0.29) is 11.2 Å². The third-order valence-electron chi connectivity index (χ3n) is 5.51. The Morgan fingerprint density at radius 1 is 1.32 bits per heavy atom. The summed E-state index contributed by atoms with van der Waals surface area (Å²) in [5.41, 5.74) is 1.29. The Hall–Kier alpha value is -1.62. The minimum Gasteiger partial charge on any atom is -0.381 e. The lowest BCUT2D eigenvalue weighted by Crippen LogP contribution is -2.42. The third-order valence-corrected chi connectivity index (χ3v) is 5.51. The van der Waals surface area contributed by atoms with Gasteiger partial charge in [0, 0.05) is 37.1 Å². The second-order valence-corrected chi connectivity index (χ2v) is 8.04.